The van der Waals surface area contributed by atoms with E-state index in [0.717, 1.165) is 5.69 Å². The molecule has 0 bridgehead atoms. The zero-order valence-corrected chi connectivity index (χ0v) is 16.4. The molecule has 2 N–H and O–H groups in total. The number of anilines is 1. The third-order valence-electron chi connectivity index (χ3n) is 5.03. The van der Waals surface area contributed by atoms with Crippen LogP contribution in [0.2, 0.25) is 5.02 Å². The van der Waals surface area contributed by atoms with Crippen LogP contribution in [-0.2, 0) is 4.79 Å². The third-order valence-corrected chi connectivity index (χ3v) is 5.27. The molecule has 4 rings (SSSR count). The Morgan fingerprint density at radius 1 is 1.07 bits per heavy atom. The molecule has 150 valence electrons. The number of piperazine rings is 1. The second kappa shape index (κ2) is 8.13. The van der Waals surface area contributed by atoms with Crippen LogP contribution >= 0.6 is 11.6 Å². The fourth-order valence-corrected chi connectivity index (χ4v) is 3.66. The first-order valence-electron chi connectivity index (χ1n) is 9.34. The Morgan fingerprint density at radius 3 is 2.62 bits per heavy atom. The minimum absolute atomic E-state index is 0.0836. The number of carbonyl (C=O) groups is 2. The van der Waals surface area contributed by atoms with Gasteiger partial charge in [0, 0.05) is 47.8 Å². The SMILES string of the molecule is O=C(NCC(=O)N1CCN(c2cccc(Cl)c2)CC1)c1cc2cc(F)ccc2[nH]1. The topological polar surface area (TPSA) is 68.4 Å². The van der Waals surface area contributed by atoms with Crippen LogP contribution in [0.25, 0.3) is 10.9 Å². The highest BCUT2D eigenvalue weighted by Crippen LogP contribution is 2.21. The summed E-state index contributed by atoms with van der Waals surface area (Å²) in [6.07, 6.45) is 0. The first-order valence-corrected chi connectivity index (χ1v) is 9.72. The Labute approximate surface area is 172 Å². The van der Waals surface area contributed by atoms with E-state index in [1.165, 1.54) is 12.1 Å². The van der Waals surface area contributed by atoms with Crippen LogP contribution in [0.1, 0.15) is 10.5 Å². The van der Waals surface area contributed by atoms with E-state index in [0.29, 0.717) is 47.8 Å². The van der Waals surface area contributed by atoms with Crippen LogP contribution in [-0.4, -0.2) is 54.4 Å². The molecule has 29 heavy (non-hydrogen) atoms. The number of amides is 2. The van der Waals surface area contributed by atoms with Gasteiger partial charge in [0.1, 0.15) is 11.5 Å². The average molecular weight is 415 g/mol. The van der Waals surface area contributed by atoms with Crippen LogP contribution in [0.4, 0.5) is 10.1 Å². The van der Waals surface area contributed by atoms with Crippen molar-refractivity contribution in [3.8, 4) is 0 Å². The second-order valence-electron chi connectivity index (χ2n) is 6.94. The van der Waals surface area contributed by atoms with E-state index in [-0.39, 0.29) is 18.3 Å². The van der Waals surface area contributed by atoms with Crippen LogP contribution in [0, 0.1) is 5.82 Å². The summed E-state index contributed by atoms with van der Waals surface area (Å²) in [6, 6.07) is 13.5. The molecule has 1 saturated heterocycles. The maximum Gasteiger partial charge on any atom is 0.268 e. The summed E-state index contributed by atoms with van der Waals surface area (Å²) in [4.78, 5) is 31.6. The van der Waals surface area contributed by atoms with E-state index >= 15 is 0 Å². The van der Waals surface area contributed by atoms with Gasteiger partial charge >= 0.3 is 0 Å². The molecule has 1 fully saturated rings. The molecule has 0 atom stereocenters. The Hall–Kier alpha value is -3.06. The lowest BCUT2D eigenvalue weighted by Gasteiger charge is -2.36. The predicted molar refractivity (Wildman–Crippen MR) is 111 cm³/mol. The van der Waals surface area contributed by atoms with Gasteiger partial charge in [0.05, 0.1) is 6.54 Å². The maximum absolute atomic E-state index is 13.3. The zero-order valence-electron chi connectivity index (χ0n) is 15.6. The van der Waals surface area contributed by atoms with Crippen molar-refractivity contribution in [1.82, 2.24) is 15.2 Å². The number of fused-ring (bicyclic) bond motifs is 1. The van der Waals surface area contributed by atoms with Gasteiger partial charge in [-0.3, -0.25) is 9.59 Å². The Kier molecular flexibility index (Phi) is 5.40. The number of aromatic amines is 1. The second-order valence-corrected chi connectivity index (χ2v) is 7.38. The summed E-state index contributed by atoms with van der Waals surface area (Å²) < 4.78 is 13.3. The van der Waals surface area contributed by atoms with Crippen LogP contribution in [0.5, 0.6) is 0 Å². The van der Waals surface area contributed by atoms with Gasteiger partial charge in [-0.1, -0.05) is 17.7 Å². The van der Waals surface area contributed by atoms with Crippen LogP contribution in [0.15, 0.2) is 48.5 Å². The molecule has 1 aliphatic rings. The number of halogens is 2. The lowest BCUT2D eigenvalue weighted by Crippen LogP contribution is -2.51. The van der Waals surface area contributed by atoms with E-state index in [1.54, 1.807) is 17.0 Å². The van der Waals surface area contributed by atoms with Crippen LogP contribution in [0.3, 0.4) is 0 Å². The molecule has 0 radical (unpaired) electrons. The van der Waals surface area contributed by atoms with Gasteiger partial charge in [0.25, 0.3) is 5.91 Å². The summed E-state index contributed by atoms with van der Waals surface area (Å²) >= 11 is 6.05. The molecule has 0 saturated carbocycles. The summed E-state index contributed by atoms with van der Waals surface area (Å²) in [5.41, 5.74) is 2.00. The van der Waals surface area contributed by atoms with Crippen molar-refractivity contribution in [3.05, 3.63) is 65.1 Å². The van der Waals surface area contributed by atoms with Crippen molar-refractivity contribution in [1.29, 1.82) is 0 Å². The molecule has 2 amide bonds. The Balaban J connectivity index is 1.30. The highest BCUT2D eigenvalue weighted by atomic mass is 35.5. The summed E-state index contributed by atoms with van der Waals surface area (Å²) in [5.74, 6) is -0.894. The van der Waals surface area contributed by atoms with Gasteiger partial charge in [0.2, 0.25) is 5.91 Å². The molecule has 6 nitrogen and oxygen atoms in total. The number of rotatable bonds is 4. The van der Waals surface area contributed by atoms with Gasteiger partial charge in [0.15, 0.2) is 0 Å². The molecular formula is C21H20ClFN4O2. The lowest BCUT2D eigenvalue weighted by molar-refractivity contribution is -0.130. The highest BCUT2D eigenvalue weighted by Gasteiger charge is 2.22. The van der Waals surface area contributed by atoms with E-state index < -0.39 is 5.91 Å². The summed E-state index contributed by atoms with van der Waals surface area (Å²) in [5, 5.41) is 3.93. The number of hydrogen-bond donors (Lipinski definition) is 2. The van der Waals surface area contributed by atoms with Gasteiger partial charge < -0.3 is 20.1 Å². The first-order chi connectivity index (χ1) is 14.0. The predicted octanol–water partition coefficient (Wildman–Crippen LogP) is 3.04. The number of aromatic nitrogens is 1. The molecule has 8 heteroatoms. The van der Waals surface area contributed by atoms with Crippen molar-refractivity contribution < 1.29 is 14.0 Å². The first kappa shape index (κ1) is 19.3. The normalized spacial score (nSPS) is 14.3. The Bertz CT molecular complexity index is 1060. The number of nitrogens with one attached hydrogen (secondary N) is 2. The third kappa shape index (κ3) is 4.35. The minimum Gasteiger partial charge on any atom is -0.368 e. The van der Waals surface area contributed by atoms with E-state index in [4.69, 9.17) is 11.6 Å². The van der Waals surface area contributed by atoms with Crippen molar-refractivity contribution in [2.45, 2.75) is 0 Å². The van der Waals surface area contributed by atoms with Gasteiger partial charge in [-0.15, -0.1) is 0 Å². The van der Waals surface area contributed by atoms with Crippen molar-refractivity contribution in [3.63, 3.8) is 0 Å². The highest BCUT2D eigenvalue weighted by molar-refractivity contribution is 6.30. The molecule has 0 aliphatic carbocycles. The van der Waals surface area contributed by atoms with Crippen LogP contribution < -0.4 is 10.2 Å². The standard InChI is InChI=1S/C21H20ClFN4O2/c22-15-2-1-3-17(12-15)26-6-8-27(9-7-26)20(28)13-24-21(29)19-11-14-10-16(23)4-5-18(14)25-19/h1-5,10-12,25H,6-9,13H2,(H,24,29). The number of carbonyl (C=O) groups excluding carboxylic acids is 2. The van der Waals surface area contributed by atoms with E-state index in [1.807, 2.05) is 24.3 Å². The molecule has 3 aromatic rings. The molecule has 0 spiro atoms. The summed E-state index contributed by atoms with van der Waals surface area (Å²) in [7, 11) is 0. The van der Waals surface area contributed by atoms with Crippen molar-refractivity contribution in [2.24, 2.45) is 0 Å². The maximum atomic E-state index is 13.3. The fraction of sp³-hybridized carbons (Fsp3) is 0.238. The number of H-pyrrole nitrogens is 1. The quantitative estimate of drug-likeness (QED) is 0.689. The van der Waals surface area contributed by atoms with Gasteiger partial charge in [-0.25, -0.2) is 4.39 Å². The largest absolute Gasteiger partial charge is 0.368 e. The van der Waals surface area contributed by atoms with E-state index in [9.17, 15) is 14.0 Å². The molecule has 0 unspecified atom stereocenters. The molecule has 1 aliphatic heterocycles. The molecule has 2 heterocycles. The molecule has 2 aromatic carbocycles. The number of nitrogens with zero attached hydrogens (tertiary/aromatic N) is 2. The number of benzene rings is 2. The lowest BCUT2D eigenvalue weighted by atomic mass is 10.2. The summed E-state index contributed by atoms with van der Waals surface area (Å²) in [6.45, 7) is 2.47. The Morgan fingerprint density at radius 2 is 1.86 bits per heavy atom. The average Bonchev–Trinajstić information content (AvgIpc) is 3.15. The minimum atomic E-state index is -0.396. The number of hydrogen-bond acceptors (Lipinski definition) is 3. The fourth-order valence-electron chi connectivity index (χ4n) is 3.48. The van der Waals surface area contributed by atoms with Gasteiger partial charge in [-0.2, -0.15) is 0 Å². The monoisotopic (exact) mass is 414 g/mol. The van der Waals surface area contributed by atoms with Gasteiger partial charge in [-0.05, 0) is 42.5 Å². The smallest absolute Gasteiger partial charge is 0.268 e. The van der Waals surface area contributed by atoms with E-state index in [2.05, 4.69) is 15.2 Å². The zero-order chi connectivity index (χ0) is 20.4. The van der Waals surface area contributed by atoms with Crippen molar-refractivity contribution in [2.75, 3.05) is 37.6 Å². The molecular weight excluding hydrogens is 395 g/mol. The van der Waals surface area contributed by atoms with Crippen molar-refractivity contribution >= 4 is 40.0 Å². The molecule has 1 aromatic heterocycles.